The van der Waals surface area contributed by atoms with Crippen molar-refractivity contribution in [3.05, 3.63) is 175 Å². The zero-order chi connectivity index (χ0) is 52.5. The Morgan fingerprint density at radius 1 is 0.824 bits per heavy atom. The fourth-order valence-electron chi connectivity index (χ4n) is 10.3. The van der Waals surface area contributed by atoms with Gasteiger partial charge in [0.15, 0.2) is 11.4 Å². The molecular formula is C57H51Cl2F3N2O10. The number of ketones is 1. The van der Waals surface area contributed by atoms with E-state index in [0.717, 1.165) is 22.3 Å². The van der Waals surface area contributed by atoms with E-state index in [-0.39, 0.29) is 86.7 Å². The van der Waals surface area contributed by atoms with Crippen LogP contribution in [0.5, 0.6) is 23.0 Å². The van der Waals surface area contributed by atoms with Crippen molar-refractivity contribution in [2.24, 2.45) is 5.92 Å². The third-order valence-electron chi connectivity index (χ3n) is 14.0. The van der Waals surface area contributed by atoms with E-state index in [1.807, 2.05) is 84.2 Å². The number of nitrogens with one attached hydrogen (secondary N) is 1. The molecule has 0 saturated heterocycles. The molecule has 3 heterocycles. The van der Waals surface area contributed by atoms with Gasteiger partial charge in [0, 0.05) is 72.5 Å². The SMILES string of the molecule is COc1ccc(C(OCC(CO)CCCCCC(=O)c2cc(Cl)c3c(c2Cl)C(=O)OC32c3ccc(NC(=O)C(F)(F)F)cc3Oc3cc4c(cc32)CCCN4C(C)=O)(c2ccccc2)c2ccc(OC)cc2)cc1. The molecule has 3 aliphatic rings. The number of aliphatic hydroxyl groups excluding tert-OH is 1. The summed E-state index contributed by atoms with van der Waals surface area (Å²) >= 11 is 14.2. The summed E-state index contributed by atoms with van der Waals surface area (Å²) in [6, 6.07) is 33.7. The molecule has 6 aromatic rings. The largest absolute Gasteiger partial charge is 0.497 e. The Morgan fingerprint density at radius 2 is 1.47 bits per heavy atom. The monoisotopic (exact) mass is 1050 g/mol. The number of nitrogens with zero attached hydrogens (tertiary/aromatic N) is 1. The fourth-order valence-corrected chi connectivity index (χ4v) is 11.0. The van der Waals surface area contributed by atoms with Gasteiger partial charge in [0.1, 0.15) is 28.6 Å². The first-order valence-corrected chi connectivity index (χ1v) is 24.8. The minimum absolute atomic E-state index is 0.000579. The maximum atomic E-state index is 14.3. The lowest BCUT2D eigenvalue weighted by Gasteiger charge is -2.39. The van der Waals surface area contributed by atoms with Gasteiger partial charge in [-0.05, 0) is 96.5 Å². The van der Waals surface area contributed by atoms with Crippen LogP contribution in [0, 0.1) is 5.92 Å². The minimum atomic E-state index is -5.19. The molecular weight excluding hydrogens is 1000 g/mol. The summed E-state index contributed by atoms with van der Waals surface area (Å²) in [6.45, 7) is 1.90. The number of amides is 2. The van der Waals surface area contributed by atoms with Crippen LogP contribution in [0.15, 0.2) is 115 Å². The molecule has 2 atom stereocenters. The molecule has 3 aliphatic heterocycles. The topological polar surface area (TPSA) is 150 Å². The van der Waals surface area contributed by atoms with Crippen LogP contribution in [0.25, 0.3) is 0 Å². The quantitative estimate of drug-likeness (QED) is 0.0391. The second-order valence-electron chi connectivity index (χ2n) is 18.4. The van der Waals surface area contributed by atoms with Crippen molar-refractivity contribution in [3.63, 3.8) is 0 Å². The number of unbranched alkanes of at least 4 members (excludes halogenated alkanes) is 2. The molecule has 17 heteroatoms. The van der Waals surface area contributed by atoms with Crippen LogP contribution in [0.3, 0.4) is 0 Å². The summed E-state index contributed by atoms with van der Waals surface area (Å²) in [7, 11) is 3.21. The van der Waals surface area contributed by atoms with Crippen LogP contribution >= 0.6 is 23.2 Å². The molecule has 1 spiro atoms. The maximum absolute atomic E-state index is 14.3. The summed E-state index contributed by atoms with van der Waals surface area (Å²) in [5.41, 5.74) is 1.07. The van der Waals surface area contributed by atoms with E-state index in [4.69, 9.17) is 46.9 Å². The van der Waals surface area contributed by atoms with Gasteiger partial charge in [-0.15, -0.1) is 0 Å². The number of halogens is 5. The van der Waals surface area contributed by atoms with Crippen LogP contribution in [0.4, 0.5) is 24.5 Å². The Morgan fingerprint density at radius 3 is 2.09 bits per heavy atom. The number of aryl methyl sites for hydroxylation is 1. The van der Waals surface area contributed by atoms with Gasteiger partial charge in [-0.3, -0.25) is 14.4 Å². The van der Waals surface area contributed by atoms with Crippen LogP contribution in [-0.2, 0) is 36.7 Å². The summed E-state index contributed by atoms with van der Waals surface area (Å²) in [6.07, 6.45) is -1.67. The molecule has 0 bridgehead atoms. The van der Waals surface area contributed by atoms with Crippen LogP contribution in [0.2, 0.25) is 10.0 Å². The Labute approximate surface area is 435 Å². The van der Waals surface area contributed by atoms with Gasteiger partial charge in [0.2, 0.25) is 5.91 Å². The number of anilines is 2. The van der Waals surface area contributed by atoms with Crippen molar-refractivity contribution in [1.82, 2.24) is 0 Å². The molecule has 2 amide bonds. The number of hydrogen-bond acceptors (Lipinski definition) is 10. The standard InChI is InChI=1S/C57H51Cl2F3N2O10/c1-33(66)64-26-10-12-35-27-44-49(30-46(35)64)73-48-28-39(63-54(69)57(60,61)62)20-25-43(48)56(44)51-45(58)29-42(52(59)50(51)53(68)74-56)47(67)15-9-4-6-11-34(31-65)32-72-55(36-13-7-5-8-14-36,37-16-21-40(70-2)22-17-37)38-18-23-41(71-3)24-19-38/h5,7-8,13-14,16-25,27-30,34,65H,4,6,9-12,15,26,31-32H2,1-3H3,(H,63,69). The van der Waals surface area contributed by atoms with Crippen LogP contribution in [-0.4, -0.2) is 68.8 Å². The molecule has 0 radical (unpaired) electrons. The van der Waals surface area contributed by atoms with Gasteiger partial charge in [-0.1, -0.05) is 90.6 Å². The van der Waals surface area contributed by atoms with Crippen molar-refractivity contribution in [3.8, 4) is 23.0 Å². The predicted molar refractivity (Wildman–Crippen MR) is 272 cm³/mol. The fraction of sp³-hybridized carbons (Fsp3) is 0.298. The molecule has 2 unspecified atom stereocenters. The molecule has 12 nitrogen and oxygen atoms in total. The van der Waals surface area contributed by atoms with Gasteiger partial charge < -0.3 is 39.0 Å². The van der Waals surface area contributed by atoms with Gasteiger partial charge in [-0.2, -0.15) is 13.2 Å². The number of fused-ring (bicyclic) bond motifs is 7. The van der Waals surface area contributed by atoms with E-state index in [2.05, 4.69) is 0 Å². The third kappa shape index (κ3) is 9.58. The first-order chi connectivity index (χ1) is 35.5. The molecule has 6 aromatic carbocycles. The Bertz CT molecular complexity index is 3090. The number of rotatable bonds is 17. The molecule has 384 valence electrons. The van der Waals surface area contributed by atoms with E-state index < -0.39 is 29.3 Å². The Balaban J connectivity index is 0.948. The number of Topliss-reactive ketones (excluding diaryl/α,β-unsaturated/α-hetero) is 1. The lowest BCUT2D eigenvalue weighted by molar-refractivity contribution is -0.167. The highest BCUT2D eigenvalue weighted by Crippen LogP contribution is 2.60. The van der Waals surface area contributed by atoms with Crippen LogP contribution in [0.1, 0.15) is 105 Å². The van der Waals surface area contributed by atoms with Gasteiger partial charge in [0.25, 0.3) is 0 Å². The molecule has 0 aliphatic carbocycles. The summed E-state index contributed by atoms with van der Waals surface area (Å²) in [5.74, 6) is -2.58. The van der Waals surface area contributed by atoms with E-state index >= 15 is 0 Å². The van der Waals surface area contributed by atoms with Crippen molar-refractivity contribution >= 4 is 58.1 Å². The number of methoxy groups -OCH3 is 2. The average Bonchev–Trinajstić information content (AvgIpc) is 3.73. The number of aliphatic hydroxyl groups is 1. The number of esters is 1. The predicted octanol–water partition coefficient (Wildman–Crippen LogP) is 12.1. The average molecular weight is 1050 g/mol. The van der Waals surface area contributed by atoms with Crippen molar-refractivity contribution in [2.75, 3.05) is 44.2 Å². The molecule has 0 fully saturated rings. The number of benzene rings is 6. The highest BCUT2D eigenvalue weighted by Gasteiger charge is 2.57. The van der Waals surface area contributed by atoms with Crippen molar-refractivity contribution in [1.29, 1.82) is 0 Å². The van der Waals surface area contributed by atoms with Gasteiger partial charge in [-0.25, -0.2) is 4.79 Å². The molecule has 0 saturated carbocycles. The lowest BCUT2D eigenvalue weighted by atomic mass is 9.76. The van der Waals surface area contributed by atoms with E-state index in [0.29, 0.717) is 67.8 Å². The maximum Gasteiger partial charge on any atom is 0.471 e. The Kier molecular flexibility index (Phi) is 14.8. The lowest BCUT2D eigenvalue weighted by Crippen LogP contribution is -2.36. The number of ether oxygens (including phenoxy) is 5. The van der Waals surface area contributed by atoms with E-state index in [1.54, 1.807) is 31.3 Å². The number of hydrogen-bond donors (Lipinski definition) is 2. The molecule has 9 rings (SSSR count). The summed E-state index contributed by atoms with van der Waals surface area (Å²) in [5, 5.41) is 12.3. The second kappa shape index (κ2) is 21.1. The molecule has 0 aromatic heterocycles. The smallest absolute Gasteiger partial charge is 0.471 e. The van der Waals surface area contributed by atoms with Crippen molar-refractivity contribution < 1.29 is 61.1 Å². The first kappa shape index (κ1) is 52.0. The zero-order valence-electron chi connectivity index (χ0n) is 40.6. The molecule has 2 N–H and O–H groups in total. The summed E-state index contributed by atoms with van der Waals surface area (Å²) in [4.78, 5) is 54.6. The normalized spacial score (nSPS) is 16.0. The minimum Gasteiger partial charge on any atom is -0.497 e. The van der Waals surface area contributed by atoms with E-state index in [9.17, 15) is 37.5 Å². The Hall–Kier alpha value is -6.91. The third-order valence-corrected chi connectivity index (χ3v) is 14.6. The first-order valence-electron chi connectivity index (χ1n) is 24.1. The van der Waals surface area contributed by atoms with Gasteiger partial charge in [0.05, 0.1) is 42.1 Å². The number of carbonyl (C=O) groups is 4. The highest BCUT2D eigenvalue weighted by molar-refractivity contribution is 6.40. The summed E-state index contributed by atoms with van der Waals surface area (Å²) < 4.78 is 70.6. The highest BCUT2D eigenvalue weighted by atomic mass is 35.5. The van der Waals surface area contributed by atoms with E-state index in [1.165, 1.54) is 31.2 Å². The van der Waals surface area contributed by atoms with Gasteiger partial charge >= 0.3 is 18.1 Å². The zero-order valence-corrected chi connectivity index (χ0v) is 42.1. The number of alkyl halides is 3. The molecule has 74 heavy (non-hydrogen) atoms. The van der Waals surface area contributed by atoms with Crippen molar-refractivity contribution in [2.45, 2.75) is 69.2 Å². The van der Waals surface area contributed by atoms with Crippen LogP contribution < -0.4 is 24.4 Å². The second-order valence-corrected chi connectivity index (χ2v) is 19.2. The number of carbonyl (C=O) groups excluding carboxylic acids is 4.